The Kier molecular flexibility index (Phi) is 27.9. The van der Waals surface area contributed by atoms with Gasteiger partial charge in [-0.25, -0.2) is 61.6 Å². The molecule has 2 aliphatic rings. The number of fused-ring (bicyclic) bond motifs is 6. The molecule has 24 nitrogen and oxygen atoms in total. The molecule has 0 amide bonds. The molecular weight excluding hydrogens is 1800 g/mol. The van der Waals surface area contributed by atoms with E-state index in [1.807, 2.05) is 236 Å². The van der Waals surface area contributed by atoms with Crippen molar-refractivity contribution in [2.75, 3.05) is 6.54 Å². The monoisotopic (exact) mass is 1920 g/mol. The summed E-state index contributed by atoms with van der Waals surface area (Å²) in [5.74, 6) is 2.17. The zero-order valence-electron chi connectivity index (χ0n) is 83.2. The first kappa shape index (κ1) is 100. The zero-order valence-corrected chi connectivity index (χ0v) is 83.9. The molecule has 9 aromatic heterocycles. The average molecular weight is 1920 g/mol. The molecule has 10 heterocycles. The van der Waals surface area contributed by atoms with Crippen molar-refractivity contribution in [1.82, 2.24) is 81.9 Å². The molecule has 1 saturated carbocycles. The van der Waals surface area contributed by atoms with E-state index >= 15 is 0 Å². The van der Waals surface area contributed by atoms with E-state index in [2.05, 4.69) is 81.7 Å². The summed E-state index contributed by atoms with van der Waals surface area (Å²) in [7, 11) is 3.75. The summed E-state index contributed by atoms with van der Waals surface area (Å²) in [6.45, 7) is 40.4. The van der Waals surface area contributed by atoms with Crippen LogP contribution in [0.5, 0.6) is 0 Å². The van der Waals surface area contributed by atoms with Crippen molar-refractivity contribution in [3.63, 3.8) is 0 Å². The summed E-state index contributed by atoms with van der Waals surface area (Å²) in [5.41, 5.74) is 6.46. The second-order valence-electron chi connectivity index (χ2n) is 41.3. The van der Waals surface area contributed by atoms with Gasteiger partial charge < -0.3 is 0 Å². The average Bonchev–Trinajstić information content (AvgIpc) is 1.73. The van der Waals surface area contributed by atoms with Crippen LogP contribution in [0.3, 0.4) is 0 Å². The van der Waals surface area contributed by atoms with Gasteiger partial charge in [-0.1, -0.05) is 245 Å². The van der Waals surface area contributed by atoms with Crippen LogP contribution in [0.2, 0.25) is 5.02 Å². The fourth-order valence-electron chi connectivity index (χ4n) is 16.8. The highest BCUT2D eigenvalue weighted by molar-refractivity contribution is 6.35. The standard InChI is InChI=1S/C22H22N4O.C19H18F2N2O.C19H19FN2O.C19H22N4O.C17H16ClN3O.C16H16FN3O/c1-22(2,3)21-24-18-12-8-11-17(15-13-23-25(4)14-15)19(18)20(27)26(21)16-9-6-5-7-10-16;1-11-7-5-10-14-15(11)17(24)23(18(22-14)19(2,3)4)16-12(20)8-6-9-13(16)21;1-12-8-10-13(11-9-12)22-17(23)16-14(20)6-5-7-15(16)21-18(22)19(2,3)4;1-19(2,3)18-21-15-7-5-6-14(12-10-20-22(4)11-12)16(15)17(24)23(18)13-8-9-13;1-17(2,3)16-20-12-8-6-7-11(18)14(12)15(22)21(16)13-9-4-5-10-19-13;1-16(2,3)15-19-11-7-4-6-10(17)13(11)14(21)20(15)12-8-5-9-18-12/h5-14H,1-4H3;5-10H,1-4H3;5-11H,1-4H3;5-7,10-11,13H,8-9H2,1-4H3;4-10H,1-3H3;4-8H,9H2,1-3H3. The third-order valence-electron chi connectivity index (χ3n) is 23.6. The van der Waals surface area contributed by atoms with Gasteiger partial charge in [0.1, 0.15) is 86.3 Å². The van der Waals surface area contributed by atoms with Crippen LogP contribution in [0.25, 0.3) is 111 Å². The van der Waals surface area contributed by atoms with Crippen LogP contribution in [-0.4, -0.2) is 94.2 Å². The van der Waals surface area contributed by atoms with Crippen molar-refractivity contribution >= 4 is 82.9 Å². The predicted octanol–water partition coefficient (Wildman–Crippen LogP) is 22.3. The molecule has 0 saturated heterocycles. The summed E-state index contributed by atoms with van der Waals surface area (Å²) >= 11 is 6.21. The Morgan fingerprint density at radius 1 is 0.348 bits per heavy atom. The number of hydrogen-bond acceptors (Lipinski definition) is 16. The van der Waals surface area contributed by atoms with E-state index in [1.165, 1.54) is 27.3 Å². The van der Waals surface area contributed by atoms with Crippen LogP contribution in [-0.2, 0) is 46.6 Å². The van der Waals surface area contributed by atoms with Crippen molar-refractivity contribution in [3.05, 3.63) is 380 Å². The first-order valence-corrected chi connectivity index (χ1v) is 46.9. The molecule has 29 heteroatoms. The van der Waals surface area contributed by atoms with Crippen molar-refractivity contribution in [2.24, 2.45) is 19.1 Å². The van der Waals surface area contributed by atoms with Crippen LogP contribution >= 0.6 is 11.6 Å². The molecule has 1 aliphatic heterocycles. The molecule has 0 radical (unpaired) electrons. The first-order chi connectivity index (χ1) is 66.5. The summed E-state index contributed by atoms with van der Waals surface area (Å²) in [6.07, 6.45) is 14.8. The molecule has 1 fully saturated rings. The highest BCUT2D eigenvalue weighted by atomic mass is 35.5. The first-order valence-electron chi connectivity index (χ1n) is 46.5. The normalized spacial score (nSPS) is 12.9. The minimum Gasteiger partial charge on any atom is -0.293 e. The van der Waals surface area contributed by atoms with E-state index in [0.29, 0.717) is 107 Å². The molecule has 722 valence electrons. The number of halogens is 5. The second-order valence-corrected chi connectivity index (χ2v) is 41.7. The van der Waals surface area contributed by atoms with E-state index in [9.17, 15) is 46.3 Å². The molecule has 0 atom stereocenters. The molecule has 0 unspecified atom stereocenters. The fourth-order valence-corrected chi connectivity index (χ4v) is 17.1. The van der Waals surface area contributed by atoms with Crippen molar-refractivity contribution in [1.29, 1.82) is 0 Å². The Balaban J connectivity index is 0.000000128. The van der Waals surface area contributed by atoms with Crippen LogP contribution in [0, 0.1) is 37.1 Å². The van der Waals surface area contributed by atoms with Crippen LogP contribution in [0.15, 0.2) is 277 Å². The third kappa shape index (κ3) is 20.8. The number of aryl methyl sites for hydroxylation is 4. The Bertz CT molecular complexity index is 8340. The van der Waals surface area contributed by atoms with E-state index < -0.39 is 39.8 Å². The number of pyridine rings is 1. The van der Waals surface area contributed by atoms with Crippen LogP contribution < -0.4 is 33.4 Å². The number of nitrogens with zero attached hydrogens (tertiary/aromatic N) is 18. The van der Waals surface area contributed by atoms with E-state index in [0.717, 1.165) is 85.8 Å². The van der Waals surface area contributed by atoms with Gasteiger partial charge in [-0.3, -0.25) is 61.4 Å². The van der Waals surface area contributed by atoms with Gasteiger partial charge in [0.05, 0.1) is 90.0 Å². The fraction of sp³-hybridized carbons (Fsp3) is 0.286. The van der Waals surface area contributed by atoms with E-state index in [4.69, 9.17) is 21.6 Å². The molecule has 1 aliphatic carbocycles. The Morgan fingerprint density at radius 3 is 1.16 bits per heavy atom. The number of allylic oxidation sites excluding steroid dienone is 1. The molecule has 18 aromatic rings. The van der Waals surface area contributed by atoms with Crippen molar-refractivity contribution in [2.45, 2.75) is 190 Å². The lowest BCUT2D eigenvalue weighted by atomic mass is 9.94. The van der Waals surface area contributed by atoms with Gasteiger partial charge in [-0.05, 0) is 153 Å². The van der Waals surface area contributed by atoms with Crippen LogP contribution in [0.1, 0.15) is 190 Å². The Labute approximate surface area is 817 Å². The van der Waals surface area contributed by atoms with Gasteiger partial charge >= 0.3 is 0 Å². The molecular formula is C112H113ClF4N18O6. The quantitative estimate of drug-likeness (QED) is 0.134. The molecule has 141 heavy (non-hydrogen) atoms. The summed E-state index contributed by atoms with van der Waals surface area (Å²) in [5, 5.41) is 11.0. The topological polar surface area (TPSA) is 270 Å². The summed E-state index contributed by atoms with van der Waals surface area (Å²) < 4.78 is 69.7. The number of aromatic nitrogens is 17. The van der Waals surface area contributed by atoms with Gasteiger partial charge in [0.15, 0.2) is 0 Å². The molecule has 0 bridgehead atoms. The SMILES string of the molecule is CC(C)(C)c1nc2cccc(Cl)c2c(=O)n1-c1ccccn1.CC(C)(C)c1nc2cccc(F)c2c(=O)n1C1=NCC=C1.Cc1ccc(-n2c(C(C)(C)C)nc3cccc(F)c3c2=O)cc1.Cc1cccc2nc(C(C)(C)C)n(-c3c(F)cccc3F)c(=O)c12.Cn1cc(-c2cccc3nc(C(C)(C)C)n(-c4ccccc4)c(=O)c23)cn1.Cn1cc(-c2cccc3nc(C(C)(C)C)n(C4CC4)c(=O)c23)cn1. The second kappa shape index (κ2) is 39.2. The molecule has 20 rings (SSSR count). The van der Waals surface area contributed by atoms with E-state index in [-0.39, 0.29) is 65.8 Å². The maximum absolute atomic E-state index is 14.4. The maximum atomic E-state index is 14.4. The van der Waals surface area contributed by atoms with Gasteiger partial charge in [0.2, 0.25) is 0 Å². The minimum absolute atomic E-state index is 0.00787. The molecule has 9 aromatic carbocycles. The van der Waals surface area contributed by atoms with Crippen molar-refractivity contribution < 1.29 is 17.6 Å². The van der Waals surface area contributed by atoms with Gasteiger partial charge in [0.25, 0.3) is 33.4 Å². The number of benzene rings is 9. The summed E-state index contributed by atoms with van der Waals surface area (Å²) in [6, 6.07) is 57.9. The molecule has 0 spiro atoms. The zero-order chi connectivity index (χ0) is 102. The number of hydrogen-bond donors (Lipinski definition) is 0. The number of rotatable bonds is 7. The summed E-state index contributed by atoms with van der Waals surface area (Å²) in [4.78, 5) is 116. The Morgan fingerprint density at radius 2 is 0.716 bits per heavy atom. The largest absolute Gasteiger partial charge is 0.293 e. The highest BCUT2D eigenvalue weighted by Crippen LogP contribution is 2.40. The lowest BCUT2D eigenvalue weighted by Gasteiger charge is -2.24. The van der Waals surface area contributed by atoms with Gasteiger partial charge in [-0.2, -0.15) is 10.2 Å². The van der Waals surface area contributed by atoms with Gasteiger partial charge in [0, 0.05) is 82.3 Å². The predicted molar refractivity (Wildman–Crippen MR) is 555 cm³/mol. The maximum Gasteiger partial charge on any atom is 0.270 e. The van der Waals surface area contributed by atoms with Crippen LogP contribution in [0.4, 0.5) is 17.6 Å². The minimum atomic E-state index is -0.794. The molecule has 0 N–H and O–H groups in total. The third-order valence-corrected chi connectivity index (χ3v) is 24.0. The van der Waals surface area contributed by atoms with E-state index in [1.54, 1.807) is 111 Å². The lowest BCUT2D eigenvalue weighted by molar-refractivity contribution is 0.485. The van der Waals surface area contributed by atoms with Gasteiger partial charge in [-0.15, -0.1) is 0 Å². The highest BCUT2D eigenvalue weighted by Gasteiger charge is 2.36. The van der Waals surface area contributed by atoms with Crippen molar-refractivity contribution in [3.8, 4) is 45.1 Å². The smallest absolute Gasteiger partial charge is 0.270 e. The number of aliphatic imine (C=N–C) groups is 1. The lowest BCUT2D eigenvalue weighted by Crippen LogP contribution is -2.35. The number of para-hydroxylation sites is 2. The Hall–Kier alpha value is -15.2.